The molecule has 7 nitrogen and oxygen atoms in total. The van der Waals surface area contributed by atoms with E-state index in [4.69, 9.17) is 4.74 Å². The molecule has 2 aromatic rings. The maximum atomic E-state index is 12.0. The summed E-state index contributed by atoms with van der Waals surface area (Å²) in [5.41, 5.74) is 1.52. The van der Waals surface area contributed by atoms with Gasteiger partial charge in [-0.15, -0.1) is 0 Å². The van der Waals surface area contributed by atoms with E-state index in [1.165, 1.54) is 6.33 Å². The molecule has 0 aliphatic heterocycles. The van der Waals surface area contributed by atoms with Crippen LogP contribution in [0.15, 0.2) is 36.7 Å². The van der Waals surface area contributed by atoms with Gasteiger partial charge in [0.25, 0.3) is 5.91 Å². The lowest BCUT2D eigenvalue weighted by Gasteiger charge is -2.08. The molecule has 0 unspecified atom stereocenters. The Labute approximate surface area is 146 Å². The zero-order valence-corrected chi connectivity index (χ0v) is 14.4. The second kappa shape index (κ2) is 9.36. The first-order chi connectivity index (χ1) is 12.1. The number of rotatable bonds is 8. The highest BCUT2D eigenvalue weighted by atomic mass is 16.5. The number of nitrogens with zero attached hydrogens (tertiary/aromatic N) is 2. The molecule has 0 spiro atoms. The summed E-state index contributed by atoms with van der Waals surface area (Å²) in [6, 6.07) is 8.41. The second-order valence-corrected chi connectivity index (χ2v) is 5.32. The third-order valence-electron chi connectivity index (χ3n) is 3.38. The molecule has 0 fully saturated rings. The molecule has 2 N–H and O–H groups in total. The first-order valence-electron chi connectivity index (χ1n) is 8.28. The summed E-state index contributed by atoms with van der Waals surface area (Å²) in [6.07, 6.45) is 3.28. The summed E-state index contributed by atoms with van der Waals surface area (Å²) < 4.78 is 4.94. The number of unbranched alkanes of at least 4 members (excludes halogenated alkanes) is 1. The molecule has 0 bridgehead atoms. The Bertz CT molecular complexity index is 717. The van der Waals surface area contributed by atoms with Gasteiger partial charge in [0.2, 0.25) is 0 Å². The van der Waals surface area contributed by atoms with Crippen LogP contribution in [-0.4, -0.2) is 35.0 Å². The van der Waals surface area contributed by atoms with E-state index < -0.39 is 0 Å². The highest BCUT2D eigenvalue weighted by Crippen LogP contribution is 2.16. The lowest BCUT2D eigenvalue weighted by Crippen LogP contribution is -2.25. The smallest absolute Gasteiger partial charge is 0.338 e. The zero-order chi connectivity index (χ0) is 18.1. The van der Waals surface area contributed by atoms with E-state index in [2.05, 4.69) is 27.5 Å². The van der Waals surface area contributed by atoms with E-state index in [1.54, 1.807) is 37.3 Å². The fourth-order valence-corrected chi connectivity index (χ4v) is 2.07. The standard InChI is InChI=1S/C18H22N4O3/c1-3-5-10-19-17(23)15-11-16(21-12-20-15)22-14-8-6-13(7-9-14)18(24)25-4-2/h6-9,11-12H,3-5,10H2,1-2H3,(H,19,23)(H,20,21,22). The Kier molecular flexibility index (Phi) is 6.88. The Morgan fingerprint density at radius 1 is 1.12 bits per heavy atom. The summed E-state index contributed by atoms with van der Waals surface area (Å²) in [7, 11) is 0. The van der Waals surface area contributed by atoms with Crippen LogP contribution in [0, 0.1) is 0 Å². The van der Waals surface area contributed by atoms with Gasteiger partial charge >= 0.3 is 5.97 Å². The number of nitrogens with one attached hydrogen (secondary N) is 2. The van der Waals surface area contributed by atoms with Crippen molar-refractivity contribution in [3.63, 3.8) is 0 Å². The minimum absolute atomic E-state index is 0.225. The van der Waals surface area contributed by atoms with Crippen molar-refractivity contribution in [3.8, 4) is 0 Å². The fourth-order valence-electron chi connectivity index (χ4n) is 2.07. The van der Waals surface area contributed by atoms with Crippen molar-refractivity contribution in [2.24, 2.45) is 0 Å². The maximum Gasteiger partial charge on any atom is 0.338 e. The number of benzene rings is 1. The Morgan fingerprint density at radius 3 is 2.56 bits per heavy atom. The third-order valence-corrected chi connectivity index (χ3v) is 3.38. The van der Waals surface area contributed by atoms with Crippen molar-refractivity contribution in [2.45, 2.75) is 26.7 Å². The number of carbonyl (C=O) groups is 2. The summed E-state index contributed by atoms with van der Waals surface area (Å²) in [5.74, 6) is -0.0850. The largest absolute Gasteiger partial charge is 0.462 e. The molecule has 25 heavy (non-hydrogen) atoms. The number of hydrogen-bond donors (Lipinski definition) is 2. The molecule has 0 aliphatic carbocycles. The van der Waals surface area contributed by atoms with Crippen LogP contribution < -0.4 is 10.6 Å². The average molecular weight is 342 g/mol. The third kappa shape index (κ3) is 5.56. The van der Waals surface area contributed by atoms with Crippen LogP contribution in [0.4, 0.5) is 11.5 Å². The van der Waals surface area contributed by atoms with Gasteiger partial charge in [-0.2, -0.15) is 0 Å². The number of ether oxygens (including phenoxy) is 1. The molecule has 1 amide bonds. The van der Waals surface area contributed by atoms with Gasteiger partial charge in [-0.05, 0) is 37.6 Å². The number of esters is 1. The molecule has 0 saturated carbocycles. The van der Waals surface area contributed by atoms with Crippen molar-refractivity contribution < 1.29 is 14.3 Å². The van der Waals surface area contributed by atoms with E-state index in [1.807, 2.05) is 0 Å². The molecule has 1 aromatic carbocycles. The van der Waals surface area contributed by atoms with Gasteiger partial charge in [0.15, 0.2) is 0 Å². The molecule has 1 aromatic heterocycles. The second-order valence-electron chi connectivity index (χ2n) is 5.32. The molecule has 0 radical (unpaired) electrons. The molecular weight excluding hydrogens is 320 g/mol. The minimum atomic E-state index is -0.359. The SMILES string of the molecule is CCCCNC(=O)c1cc(Nc2ccc(C(=O)OCC)cc2)ncn1. The van der Waals surface area contributed by atoms with Crippen molar-refractivity contribution in [2.75, 3.05) is 18.5 Å². The lowest BCUT2D eigenvalue weighted by molar-refractivity contribution is 0.0526. The van der Waals surface area contributed by atoms with Crippen LogP contribution in [-0.2, 0) is 4.74 Å². The topological polar surface area (TPSA) is 93.2 Å². The molecule has 0 aliphatic rings. The van der Waals surface area contributed by atoms with Crippen LogP contribution in [0.5, 0.6) is 0 Å². The van der Waals surface area contributed by atoms with E-state index in [9.17, 15) is 9.59 Å². The van der Waals surface area contributed by atoms with Gasteiger partial charge < -0.3 is 15.4 Å². The fraction of sp³-hybridized carbons (Fsp3) is 0.333. The Hall–Kier alpha value is -2.96. The summed E-state index contributed by atoms with van der Waals surface area (Å²) in [5, 5.41) is 5.90. The molecule has 2 rings (SSSR count). The summed E-state index contributed by atoms with van der Waals surface area (Å²) >= 11 is 0. The van der Waals surface area contributed by atoms with E-state index in [0.29, 0.717) is 30.2 Å². The predicted molar refractivity (Wildman–Crippen MR) is 95.0 cm³/mol. The number of anilines is 2. The van der Waals surface area contributed by atoms with Crippen LogP contribution in [0.3, 0.4) is 0 Å². The maximum absolute atomic E-state index is 12.0. The zero-order valence-electron chi connectivity index (χ0n) is 14.4. The van der Waals surface area contributed by atoms with Gasteiger partial charge in [-0.25, -0.2) is 14.8 Å². The quantitative estimate of drug-likeness (QED) is 0.566. The molecule has 0 atom stereocenters. The van der Waals surface area contributed by atoms with E-state index in [-0.39, 0.29) is 11.9 Å². The number of amides is 1. The van der Waals surface area contributed by atoms with Gasteiger partial charge in [0.05, 0.1) is 12.2 Å². The molecule has 132 valence electrons. The highest BCUT2D eigenvalue weighted by molar-refractivity contribution is 5.93. The van der Waals surface area contributed by atoms with Crippen molar-refractivity contribution in [3.05, 3.63) is 47.9 Å². The number of hydrogen-bond acceptors (Lipinski definition) is 6. The molecule has 1 heterocycles. The van der Waals surface area contributed by atoms with Crippen molar-refractivity contribution in [1.82, 2.24) is 15.3 Å². The van der Waals surface area contributed by atoms with Gasteiger partial charge in [-0.1, -0.05) is 13.3 Å². The molecule has 0 saturated heterocycles. The first kappa shape index (κ1) is 18.4. The van der Waals surface area contributed by atoms with E-state index >= 15 is 0 Å². The number of carbonyl (C=O) groups excluding carboxylic acids is 2. The van der Waals surface area contributed by atoms with Crippen molar-refractivity contribution >= 4 is 23.4 Å². The van der Waals surface area contributed by atoms with Crippen LogP contribution in [0.1, 0.15) is 47.5 Å². The lowest BCUT2D eigenvalue weighted by atomic mass is 10.2. The van der Waals surface area contributed by atoms with Gasteiger partial charge in [-0.3, -0.25) is 4.79 Å². The summed E-state index contributed by atoms with van der Waals surface area (Å²) in [4.78, 5) is 31.8. The highest BCUT2D eigenvalue weighted by Gasteiger charge is 2.09. The number of aromatic nitrogens is 2. The first-order valence-corrected chi connectivity index (χ1v) is 8.28. The Balaban J connectivity index is 2.01. The Morgan fingerprint density at radius 2 is 1.88 bits per heavy atom. The monoisotopic (exact) mass is 342 g/mol. The van der Waals surface area contributed by atoms with Crippen LogP contribution in [0.25, 0.3) is 0 Å². The predicted octanol–water partition coefficient (Wildman–Crippen LogP) is 2.93. The van der Waals surface area contributed by atoms with Crippen LogP contribution in [0.2, 0.25) is 0 Å². The minimum Gasteiger partial charge on any atom is -0.462 e. The molecule has 7 heteroatoms. The normalized spacial score (nSPS) is 10.2. The average Bonchev–Trinajstić information content (AvgIpc) is 2.63. The van der Waals surface area contributed by atoms with Gasteiger partial charge in [0.1, 0.15) is 17.8 Å². The van der Waals surface area contributed by atoms with Gasteiger partial charge in [0, 0.05) is 18.3 Å². The van der Waals surface area contributed by atoms with E-state index in [0.717, 1.165) is 18.5 Å². The molecular formula is C18H22N4O3. The van der Waals surface area contributed by atoms with Crippen LogP contribution >= 0.6 is 0 Å². The van der Waals surface area contributed by atoms with Crippen molar-refractivity contribution in [1.29, 1.82) is 0 Å². The summed E-state index contributed by atoms with van der Waals surface area (Å²) in [6.45, 7) is 4.78.